The zero-order chi connectivity index (χ0) is 16.2. The lowest BCUT2D eigenvalue weighted by Gasteiger charge is -2.28. The number of benzene rings is 1. The number of hydrogen-bond acceptors (Lipinski definition) is 3. The molecule has 2 N–H and O–H groups in total. The van der Waals surface area contributed by atoms with E-state index in [9.17, 15) is 9.90 Å². The Bertz CT molecular complexity index is 653. The first kappa shape index (κ1) is 15.7. The summed E-state index contributed by atoms with van der Waals surface area (Å²) in [6.07, 6.45) is 2.87. The van der Waals surface area contributed by atoms with E-state index in [1.807, 2.05) is 43.4 Å². The van der Waals surface area contributed by atoms with Crippen LogP contribution < -0.4 is 0 Å². The van der Waals surface area contributed by atoms with Gasteiger partial charge in [0.15, 0.2) is 0 Å². The van der Waals surface area contributed by atoms with Gasteiger partial charge in [0.05, 0.1) is 24.0 Å². The zero-order valence-corrected chi connectivity index (χ0v) is 13.4. The summed E-state index contributed by atoms with van der Waals surface area (Å²) in [5.74, 6) is 0.0554. The van der Waals surface area contributed by atoms with Crippen LogP contribution in [0.1, 0.15) is 31.4 Å². The Morgan fingerprint density at radius 3 is 2.87 bits per heavy atom. The molecule has 0 bridgehead atoms. The molecule has 23 heavy (non-hydrogen) atoms. The lowest BCUT2D eigenvalue weighted by atomic mass is 9.86. The molecule has 1 aromatic carbocycles. The van der Waals surface area contributed by atoms with Gasteiger partial charge in [-0.1, -0.05) is 36.8 Å². The Labute approximate surface area is 136 Å². The van der Waals surface area contributed by atoms with Crippen molar-refractivity contribution < 1.29 is 9.90 Å². The fourth-order valence-electron chi connectivity index (χ4n) is 3.23. The van der Waals surface area contributed by atoms with E-state index >= 15 is 0 Å². The molecule has 5 nitrogen and oxygen atoms in total. The first-order chi connectivity index (χ1) is 11.1. The van der Waals surface area contributed by atoms with Crippen LogP contribution in [0, 0.1) is 5.92 Å². The van der Waals surface area contributed by atoms with Gasteiger partial charge in [-0.15, -0.1) is 0 Å². The van der Waals surface area contributed by atoms with Gasteiger partial charge in [-0.2, -0.15) is 5.10 Å². The van der Waals surface area contributed by atoms with E-state index in [2.05, 4.69) is 10.2 Å². The van der Waals surface area contributed by atoms with Crippen molar-refractivity contribution in [3.05, 3.63) is 42.1 Å². The number of nitrogens with zero attached hydrogens (tertiary/aromatic N) is 2. The summed E-state index contributed by atoms with van der Waals surface area (Å²) >= 11 is 0. The summed E-state index contributed by atoms with van der Waals surface area (Å²) in [6, 6.07) is 11.9. The number of carbonyl (C=O) groups is 1. The molecule has 1 heterocycles. The zero-order valence-electron chi connectivity index (χ0n) is 13.4. The number of amides is 1. The predicted octanol–water partition coefficient (Wildman–Crippen LogP) is 2.59. The van der Waals surface area contributed by atoms with Crippen LogP contribution in [-0.2, 0) is 11.3 Å². The smallest absolute Gasteiger partial charge is 0.225 e. The Morgan fingerprint density at radius 2 is 2.13 bits per heavy atom. The van der Waals surface area contributed by atoms with E-state index in [4.69, 9.17) is 0 Å². The number of H-pyrrole nitrogens is 1. The normalized spacial score (nSPS) is 21.1. The molecular weight excluding hydrogens is 290 g/mol. The van der Waals surface area contributed by atoms with Crippen molar-refractivity contribution in [3.63, 3.8) is 0 Å². The molecular formula is C18H23N3O2. The molecule has 122 valence electrons. The molecule has 1 amide bonds. The van der Waals surface area contributed by atoms with Crippen LogP contribution in [-0.4, -0.2) is 39.3 Å². The van der Waals surface area contributed by atoms with Gasteiger partial charge < -0.3 is 10.0 Å². The van der Waals surface area contributed by atoms with E-state index in [1.165, 1.54) is 0 Å². The van der Waals surface area contributed by atoms with Crippen molar-refractivity contribution in [2.24, 2.45) is 5.92 Å². The number of carbonyl (C=O) groups excluding carboxylic acids is 1. The maximum atomic E-state index is 12.5. The van der Waals surface area contributed by atoms with Gasteiger partial charge >= 0.3 is 0 Å². The van der Waals surface area contributed by atoms with Crippen molar-refractivity contribution in [1.82, 2.24) is 15.1 Å². The van der Waals surface area contributed by atoms with Gasteiger partial charge in [0.25, 0.3) is 0 Å². The number of aromatic amines is 1. The second-order valence-electron chi connectivity index (χ2n) is 6.36. The fourth-order valence-corrected chi connectivity index (χ4v) is 3.23. The molecule has 1 saturated carbocycles. The maximum Gasteiger partial charge on any atom is 0.225 e. The van der Waals surface area contributed by atoms with Crippen LogP contribution in [0.4, 0.5) is 0 Å². The highest BCUT2D eigenvalue weighted by Gasteiger charge is 2.28. The van der Waals surface area contributed by atoms with Crippen molar-refractivity contribution in [1.29, 1.82) is 0 Å². The minimum atomic E-state index is -0.331. The quantitative estimate of drug-likeness (QED) is 0.911. The number of nitrogens with one attached hydrogen (secondary N) is 1. The summed E-state index contributed by atoms with van der Waals surface area (Å²) in [4.78, 5) is 14.2. The molecule has 3 rings (SSSR count). The van der Waals surface area contributed by atoms with Gasteiger partial charge in [0.2, 0.25) is 5.91 Å². The Hall–Kier alpha value is -2.14. The summed E-state index contributed by atoms with van der Waals surface area (Å²) < 4.78 is 0. The monoisotopic (exact) mass is 313 g/mol. The third-order valence-corrected chi connectivity index (χ3v) is 4.48. The topological polar surface area (TPSA) is 69.2 Å². The molecule has 2 aromatic rings. The van der Waals surface area contributed by atoms with Crippen LogP contribution in [0.2, 0.25) is 0 Å². The third-order valence-electron chi connectivity index (χ3n) is 4.48. The average molecular weight is 313 g/mol. The molecule has 0 aliphatic heterocycles. The Kier molecular flexibility index (Phi) is 4.76. The van der Waals surface area contributed by atoms with Crippen molar-refractivity contribution in [2.75, 3.05) is 7.05 Å². The lowest BCUT2D eigenvalue weighted by Crippen LogP contribution is -2.36. The van der Waals surface area contributed by atoms with Gasteiger partial charge in [-0.3, -0.25) is 9.89 Å². The fraction of sp³-hybridized carbons (Fsp3) is 0.444. The van der Waals surface area contributed by atoms with Crippen molar-refractivity contribution >= 4 is 5.91 Å². The van der Waals surface area contributed by atoms with Crippen LogP contribution >= 0.6 is 0 Å². The molecule has 1 aromatic heterocycles. The summed E-state index contributed by atoms with van der Waals surface area (Å²) in [6.45, 7) is 0.505. The van der Waals surface area contributed by atoms with Crippen molar-refractivity contribution in [3.8, 4) is 11.3 Å². The van der Waals surface area contributed by atoms with Crippen molar-refractivity contribution in [2.45, 2.75) is 38.3 Å². The molecule has 5 heteroatoms. The van der Waals surface area contributed by atoms with E-state index in [-0.39, 0.29) is 17.9 Å². The van der Waals surface area contributed by atoms with Gasteiger partial charge in [0, 0.05) is 18.5 Å². The molecule has 1 fully saturated rings. The standard InChI is InChI=1S/C18H23N3O2/c1-21(18(23)14-8-5-9-16(22)10-14)12-15-11-17(20-19-15)13-6-3-2-4-7-13/h2-4,6-7,11,14,16,22H,5,8-10,12H2,1H3,(H,19,20)/t14-,16-/m0/s1. The second-order valence-corrected chi connectivity index (χ2v) is 6.36. The molecule has 1 aliphatic carbocycles. The number of aliphatic hydroxyl groups excluding tert-OH is 1. The lowest BCUT2D eigenvalue weighted by molar-refractivity contribution is -0.137. The summed E-state index contributed by atoms with van der Waals surface area (Å²) in [5, 5.41) is 17.1. The Morgan fingerprint density at radius 1 is 1.35 bits per heavy atom. The van der Waals surface area contributed by atoms with E-state index in [1.54, 1.807) is 4.90 Å². The van der Waals surface area contributed by atoms with Crippen LogP contribution in [0.3, 0.4) is 0 Å². The SMILES string of the molecule is CN(Cc1cc(-c2ccccc2)n[nH]1)C(=O)[C@H]1CCC[C@H](O)C1. The van der Waals surface area contributed by atoms with E-state index in [0.29, 0.717) is 13.0 Å². The highest BCUT2D eigenvalue weighted by molar-refractivity contribution is 5.78. The second kappa shape index (κ2) is 6.96. The maximum absolute atomic E-state index is 12.5. The molecule has 0 saturated heterocycles. The average Bonchev–Trinajstić information content (AvgIpc) is 3.03. The van der Waals surface area contributed by atoms with E-state index in [0.717, 1.165) is 36.2 Å². The number of aliphatic hydroxyl groups is 1. The van der Waals surface area contributed by atoms with Crippen LogP contribution in [0.25, 0.3) is 11.3 Å². The molecule has 2 atom stereocenters. The van der Waals surface area contributed by atoms with E-state index < -0.39 is 0 Å². The van der Waals surface area contributed by atoms with Gasteiger partial charge in [-0.25, -0.2) is 0 Å². The Balaban J connectivity index is 1.63. The minimum Gasteiger partial charge on any atom is -0.393 e. The first-order valence-corrected chi connectivity index (χ1v) is 8.16. The highest BCUT2D eigenvalue weighted by Crippen LogP contribution is 2.26. The highest BCUT2D eigenvalue weighted by atomic mass is 16.3. The largest absolute Gasteiger partial charge is 0.393 e. The van der Waals surface area contributed by atoms with Gasteiger partial charge in [-0.05, 0) is 25.3 Å². The van der Waals surface area contributed by atoms with Gasteiger partial charge in [0.1, 0.15) is 0 Å². The van der Waals surface area contributed by atoms with Crippen LogP contribution in [0.5, 0.6) is 0 Å². The predicted molar refractivity (Wildman–Crippen MR) is 88.5 cm³/mol. The minimum absolute atomic E-state index is 0.0553. The number of rotatable bonds is 4. The first-order valence-electron chi connectivity index (χ1n) is 8.16. The molecule has 0 unspecified atom stereocenters. The number of aromatic nitrogens is 2. The summed E-state index contributed by atoms with van der Waals surface area (Å²) in [7, 11) is 1.81. The molecule has 0 spiro atoms. The van der Waals surface area contributed by atoms with Crippen LogP contribution in [0.15, 0.2) is 36.4 Å². The molecule has 0 radical (unpaired) electrons. The third kappa shape index (κ3) is 3.79. The number of hydrogen-bond donors (Lipinski definition) is 2. The summed E-state index contributed by atoms with van der Waals surface area (Å²) in [5.41, 5.74) is 2.85. The molecule has 1 aliphatic rings.